The van der Waals surface area contributed by atoms with Crippen molar-refractivity contribution in [2.24, 2.45) is 5.92 Å². The van der Waals surface area contributed by atoms with E-state index in [1.165, 1.54) is 4.70 Å². The van der Waals surface area contributed by atoms with Crippen LogP contribution in [0.1, 0.15) is 25.3 Å². The summed E-state index contributed by atoms with van der Waals surface area (Å²) in [6.45, 7) is 13.3. The van der Waals surface area contributed by atoms with Crippen LogP contribution in [0.2, 0.25) is 0 Å². The number of thiazole rings is 1. The van der Waals surface area contributed by atoms with Gasteiger partial charge in [0.2, 0.25) is 5.91 Å². The van der Waals surface area contributed by atoms with Gasteiger partial charge in [-0.3, -0.25) is 9.69 Å². The number of nitrogens with zero attached hydrogens (tertiary/aromatic N) is 3. The summed E-state index contributed by atoms with van der Waals surface area (Å²) in [5, 5.41) is 4.04. The Hall–Kier alpha value is -1.70. The number of aromatic nitrogens is 1. The molecule has 0 bridgehead atoms. The molecule has 2 aromatic rings. The molecule has 0 radical (unpaired) electrons. The summed E-state index contributed by atoms with van der Waals surface area (Å²) >= 11 is 1.71. The van der Waals surface area contributed by atoms with Gasteiger partial charge >= 0.3 is 0 Å². The molecule has 7 heteroatoms. The molecule has 0 aliphatic carbocycles. The van der Waals surface area contributed by atoms with Crippen molar-refractivity contribution in [2.75, 3.05) is 52.4 Å². The molecule has 1 fully saturated rings. The Morgan fingerprint density at radius 1 is 1.29 bits per heavy atom. The normalized spacial score (nSPS) is 17.0. The Bertz CT molecular complexity index is 771. The predicted octanol–water partition coefficient (Wildman–Crippen LogP) is 2.76. The molecule has 154 valence electrons. The zero-order valence-corrected chi connectivity index (χ0v) is 18.1. The maximum absolute atomic E-state index is 11.8. The van der Waals surface area contributed by atoms with E-state index >= 15 is 0 Å². The maximum Gasteiger partial charge on any atom is 0.234 e. The van der Waals surface area contributed by atoms with Crippen LogP contribution >= 0.6 is 11.3 Å². The molecule has 6 nitrogen and oxygen atoms in total. The van der Waals surface area contributed by atoms with Crippen molar-refractivity contribution >= 4 is 27.5 Å². The molecular weight excluding hydrogens is 372 g/mol. The molecule has 1 aromatic heterocycles. The van der Waals surface area contributed by atoms with Crippen LogP contribution in [0.5, 0.6) is 5.75 Å². The zero-order chi connectivity index (χ0) is 19.9. The molecule has 0 spiro atoms. The average molecular weight is 405 g/mol. The Morgan fingerprint density at radius 2 is 2.04 bits per heavy atom. The first-order valence-corrected chi connectivity index (χ1v) is 11.1. The van der Waals surface area contributed by atoms with E-state index in [0.29, 0.717) is 19.1 Å². The van der Waals surface area contributed by atoms with Crippen LogP contribution in [0.4, 0.5) is 0 Å². The molecule has 1 N–H and O–H groups in total. The summed E-state index contributed by atoms with van der Waals surface area (Å²) < 4.78 is 7.21. The van der Waals surface area contributed by atoms with Crippen LogP contribution in [-0.2, 0) is 4.79 Å². The molecule has 1 amide bonds. The van der Waals surface area contributed by atoms with E-state index in [1.807, 2.05) is 19.1 Å². The molecule has 1 aromatic carbocycles. The van der Waals surface area contributed by atoms with Crippen molar-refractivity contribution in [1.29, 1.82) is 0 Å². The topological polar surface area (TPSA) is 57.7 Å². The third-order valence-electron chi connectivity index (χ3n) is 4.98. The first kappa shape index (κ1) is 21.0. The van der Waals surface area contributed by atoms with E-state index < -0.39 is 0 Å². The minimum atomic E-state index is 0.144. The van der Waals surface area contributed by atoms with Gasteiger partial charge in [-0.2, -0.15) is 0 Å². The van der Waals surface area contributed by atoms with E-state index in [4.69, 9.17) is 4.74 Å². The van der Waals surface area contributed by atoms with Crippen molar-refractivity contribution in [3.8, 4) is 5.75 Å². The van der Waals surface area contributed by atoms with Crippen molar-refractivity contribution in [1.82, 2.24) is 20.1 Å². The van der Waals surface area contributed by atoms with E-state index in [0.717, 1.165) is 62.0 Å². The van der Waals surface area contributed by atoms with E-state index in [1.54, 1.807) is 11.3 Å². The largest absolute Gasteiger partial charge is 0.493 e. The highest BCUT2D eigenvalue weighted by Gasteiger charge is 2.20. The minimum Gasteiger partial charge on any atom is -0.493 e. The lowest BCUT2D eigenvalue weighted by Crippen LogP contribution is -2.50. The van der Waals surface area contributed by atoms with Crippen LogP contribution in [0, 0.1) is 12.8 Å². The number of piperazine rings is 1. The monoisotopic (exact) mass is 404 g/mol. The van der Waals surface area contributed by atoms with E-state index in [2.05, 4.69) is 40.0 Å². The molecule has 0 saturated carbocycles. The zero-order valence-electron chi connectivity index (χ0n) is 17.2. The summed E-state index contributed by atoms with van der Waals surface area (Å²) in [5.41, 5.74) is 1.05. The van der Waals surface area contributed by atoms with Crippen molar-refractivity contribution in [2.45, 2.75) is 27.2 Å². The lowest BCUT2D eigenvalue weighted by Gasteiger charge is -2.35. The number of ether oxygens (including phenoxy) is 1. The molecule has 28 heavy (non-hydrogen) atoms. The van der Waals surface area contributed by atoms with Crippen LogP contribution in [0.3, 0.4) is 0 Å². The highest BCUT2D eigenvalue weighted by Crippen LogP contribution is 2.26. The molecule has 3 rings (SSSR count). The molecule has 0 unspecified atom stereocenters. The minimum absolute atomic E-state index is 0.144. The van der Waals surface area contributed by atoms with Gasteiger partial charge in [-0.05, 0) is 31.5 Å². The van der Waals surface area contributed by atoms with Gasteiger partial charge in [0.05, 0.1) is 28.4 Å². The number of hydrogen-bond donors (Lipinski definition) is 1. The lowest BCUT2D eigenvalue weighted by molar-refractivity contribution is -0.122. The maximum atomic E-state index is 11.8. The van der Waals surface area contributed by atoms with Crippen LogP contribution in [-0.4, -0.2) is 73.1 Å². The predicted molar refractivity (Wildman–Crippen MR) is 115 cm³/mol. The Balaban J connectivity index is 1.37. The first-order valence-electron chi connectivity index (χ1n) is 10.2. The van der Waals surface area contributed by atoms with Crippen LogP contribution in [0.25, 0.3) is 10.2 Å². The van der Waals surface area contributed by atoms with Gasteiger partial charge in [-0.15, -0.1) is 11.3 Å². The van der Waals surface area contributed by atoms with E-state index in [9.17, 15) is 4.79 Å². The fourth-order valence-corrected chi connectivity index (χ4v) is 4.35. The van der Waals surface area contributed by atoms with Gasteiger partial charge in [0.1, 0.15) is 5.75 Å². The third-order valence-corrected chi connectivity index (χ3v) is 5.91. The second-order valence-electron chi connectivity index (χ2n) is 7.71. The SMILES string of the molecule is CCCNC(=O)CN1CCN(C[C@@H](C)COc2ccc3nc(C)sc3c2)CC1. The summed E-state index contributed by atoms with van der Waals surface area (Å²) in [4.78, 5) is 21.1. The third kappa shape index (κ3) is 6.15. The summed E-state index contributed by atoms with van der Waals surface area (Å²) in [6, 6.07) is 6.14. The second kappa shape index (κ2) is 10.2. The Morgan fingerprint density at radius 3 is 2.79 bits per heavy atom. The van der Waals surface area contributed by atoms with Crippen molar-refractivity contribution in [3.05, 3.63) is 23.2 Å². The molecule has 1 saturated heterocycles. The average Bonchev–Trinajstić information content (AvgIpc) is 3.05. The molecule has 1 aliphatic rings. The van der Waals surface area contributed by atoms with E-state index in [-0.39, 0.29) is 5.91 Å². The number of nitrogens with one attached hydrogen (secondary N) is 1. The van der Waals surface area contributed by atoms with Crippen LogP contribution < -0.4 is 10.1 Å². The number of rotatable bonds is 9. The van der Waals surface area contributed by atoms with Gasteiger partial charge in [-0.1, -0.05) is 13.8 Å². The standard InChI is InChI=1S/C21H32N4O2S/c1-4-7-22-21(26)14-25-10-8-24(9-11-25)13-16(2)15-27-18-5-6-19-20(12-18)28-17(3)23-19/h5-6,12,16H,4,7-11,13-15H2,1-3H3,(H,22,26)/t16-/m1/s1. The highest BCUT2D eigenvalue weighted by atomic mass is 32.1. The summed E-state index contributed by atoms with van der Waals surface area (Å²) in [7, 11) is 0. The molecule has 1 atom stereocenters. The van der Waals surface area contributed by atoms with Gasteiger partial charge in [0.25, 0.3) is 0 Å². The van der Waals surface area contributed by atoms with Gasteiger partial charge in [-0.25, -0.2) is 4.98 Å². The summed E-state index contributed by atoms with van der Waals surface area (Å²) in [6.07, 6.45) is 0.983. The molecule has 2 heterocycles. The summed E-state index contributed by atoms with van der Waals surface area (Å²) in [5.74, 6) is 1.52. The number of carbonyl (C=O) groups excluding carboxylic acids is 1. The Kier molecular flexibility index (Phi) is 7.65. The van der Waals surface area contributed by atoms with Crippen molar-refractivity contribution < 1.29 is 9.53 Å². The van der Waals surface area contributed by atoms with Gasteiger partial charge in [0.15, 0.2) is 0 Å². The molecule has 1 aliphatic heterocycles. The number of carbonyl (C=O) groups is 1. The number of benzene rings is 1. The van der Waals surface area contributed by atoms with Crippen molar-refractivity contribution in [3.63, 3.8) is 0 Å². The number of amides is 1. The number of fused-ring (bicyclic) bond motifs is 1. The smallest absolute Gasteiger partial charge is 0.234 e. The van der Waals surface area contributed by atoms with Gasteiger partial charge in [0, 0.05) is 45.2 Å². The van der Waals surface area contributed by atoms with Crippen LogP contribution in [0.15, 0.2) is 18.2 Å². The Labute approximate surface area is 171 Å². The number of aryl methyl sites for hydroxylation is 1. The second-order valence-corrected chi connectivity index (χ2v) is 8.94. The highest BCUT2D eigenvalue weighted by molar-refractivity contribution is 7.18. The molecular formula is C21H32N4O2S. The fourth-order valence-electron chi connectivity index (χ4n) is 3.50. The fraction of sp³-hybridized carbons (Fsp3) is 0.619. The number of hydrogen-bond acceptors (Lipinski definition) is 6. The quantitative estimate of drug-likeness (QED) is 0.696. The van der Waals surface area contributed by atoms with Gasteiger partial charge < -0.3 is 15.0 Å². The first-order chi connectivity index (χ1) is 13.5. The lowest BCUT2D eigenvalue weighted by atomic mass is 10.1.